The van der Waals surface area contributed by atoms with Crippen LogP contribution in [0.25, 0.3) is 0 Å². The number of halogens is 1. The summed E-state index contributed by atoms with van der Waals surface area (Å²) < 4.78 is 51.9. The van der Waals surface area contributed by atoms with Gasteiger partial charge in [0.05, 0.1) is 16.1 Å². The maximum atomic E-state index is 14.2. The van der Waals surface area contributed by atoms with Crippen LogP contribution in [-0.4, -0.2) is 40.3 Å². The number of rotatable bonds is 6. The number of fused-ring (bicyclic) bond motifs is 1. The molecule has 0 radical (unpaired) electrons. The zero-order chi connectivity index (χ0) is 20.3. The molecular formula is C18H19FN2O5S2. The summed E-state index contributed by atoms with van der Waals surface area (Å²) in [7, 11) is -3.82. The molecule has 0 aromatic heterocycles. The van der Waals surface area contributed by atoms with Crippen LogP contribution >= 0.6 is 11.8 Å². The van der Waals surface area contributed by atoms with Crippen molar-refractivity contribution < 1.29 is 27.1 Å². The van der Waals surface area contributed by atoms with Crippen LogP contribution in [0.2, 0.25) is 0 Å². The molecule has 2 aromatic rings. The molecule has 1 aliphatic heterocycles. The molecule has 2 N–H and O–H groups in total. The van der Waals surface area contributed by atoms with Gasteiger partial charge in [-0.2, -0.15) is 0 Å². The van der Waals surface area contributed by atoms with Crippen molar-refractivity contribution in [1.29, 1.82) is 0 Å². The number of carbonyl (C=O) groups is 1. The summed E-state index contributed by atoms with van der Waals surface area (Å²) in [6.45, 7) is 2.62. The number of carbonyl (C=O) groups excluding carboxylic acids is 1. The molecule has 0 spiro atoms. The Balaban J connectivity index is 1.93. The van der Waals surface area contributed by atoms with Crippen LogP contribution in [0.3, 0.4) is 0 Å². The number of ether oxygens (including phenoxy) is 2. The van der Waals surface area contributed by atoms with E-state index in [2.05, 4.69) is 10.0 Å². The van der Waals surface area contributed by atoms with Crippen LogP contribution in [0, 0.1) is 5.82 Å². The molecule has 3 rings (SSSR count). The van der Waals surface area contributed by atoms with Crippen molar-refractivity contribution in [2.45, 2.75) is 16.7 Å². The lowest BCUT2D eigenvalue weighted by molar-refractivity contribution is 0.102. The van der Waals surface area contributed by atoms with Gasteiger partial charge in [0.25, 0.3) is 5.91 Å². The van der Waals surface area contributed by atoms with E-state index in [9.17, 15) is 17.6 Å². The largest absolute Gasteiger partial charge is 0.486 e. The topological polar surface area (TPSA) is 93.7 Å². The highest BCUT2D eigenvalue weighted by Gasteiger charge is 2.21. The molecule has 10 heteroatoms. The maximum Gasteiger partial charge on any atom is 0.258 e. The Hall–Kier alpha value is -2.30. The average Bonchev–Trinajstić information content (AvgIpc) is 2.67. The predicted molar refractivity (Wildman–Crippen MR) is 104 cm³/mol. The number of hydrogen-bond acceptors (Lipinski definition) is 6. The molecule has 2 aromatic carbocycles. The van der Waals surface area contributed by atoms with Crippen molar-refractivity contribution in [2.75, 3.05) is 31.3 Å². The smallest absolute Gasteiger partial charge is 0.258 e. The second kappa shape index (κ2) is 8.38. The second-order valence-corrected chi connectivity index (χ2v) is 8.41. The van der Waals surface area contributed by atoms with Crippen molar-refractivity contribution in [1.82, 2.24) is 4.72 Å². The highest BCUT2D eigenvalue weighted by atomic mass is 32.2. The number of thioether (sulfide) groups is 1. The van der Waals surface area contributed by atoms with Gasteiger partial charge in [-0.15, -0.1) is 11.8 Å². The first kappa shape index (κ1) is 20.4. The Labute approximate surface area is 166 Å². The van der Waals surface area contributed by atoms with Gasteiger partial charge in [-0.1, -0.05) is 6.92 Å². The van der Waals surface area contributed by atoms with Gasteiger partial charge in [-0.05, 0) is 30.5 Å². The second-order valence-electron chi connectivity index (χ2n) is 5.79. The first-order valence-corrected chi connectivity index (χ1v) is 11.1. The quantitative estimate of drug-likeness (QED) is 0.690. The summed E-state index contributed by atoms with van der Waals surface area (Å²) in [4.78, 5) is 13.2. The molecule has 150 valence electrons. The van der Waals surface area contributed by atoms with Gasteiger partial charge in [0.15, 0.2) is 11.5 Å². The van der Waals surface area contributed by atoms with E-state index in [1.165, 1.54) is 11.8 Å². The highest BCUT2D eigenvalue weighted by molar-refractivity contribution is 7.98. The summed E-state index contributed by atoms with van der Waals surface area (Å²) in [5, 5.41) is 2.63. The predicted octanol–water partition coefficient (Wildman–Crippen LogP) is 2.87. The van der Waals surface area contributed by atoms with Crippen LogP contribution < -0.4 is 19.5 Å². The monoisotopic (exact) mass is 426 g/mol. The molecule has 0 unspecified atom stereocenters. The van der Waals surface area contributed by atoms with Crippen LogP contribution in [0.15, 0.2) is 40.1 Å². The van der Waals surface area contributed by atoms with Crippen LogP contribution in [0.1, 0.15) is 17.3 Å². The lowest BCUT2D eigenvalue weighted by Gasteiger charge is -2.21. The molecule has 1 heterocycles. The van der Waals surface area contributed by atoms with Gasteiger partial charge < -0.3 is 14.8 Å². The van der Waals surface area contributed by atoms with Crippen molar-refractivity contribution in [2.24, 2.45) is 0 Å². The van der Waals surface area contributed by atoms with E-state index >= 15 is 0 Å². The molecule has 0 fully saturated rings. The molecule has 28 heavy (non-hydrogen) atoms. The van der Waals surface area contributed by atoms with E-state index in [1.54, 1.807) is 19.1 Å². The third-order valence-electron chi connectivity index (χ3n) is 3.94. The minimum atomic E-state index is -3.82. The number of hydrogen-bond donors (Lipinski definition) is 2. The molecule has 0 aliphatic carbocycles. The minimum absolute atomic E-state index is 0.176. The molecule has 0 saturated heterocycles. The molecule has 1 amide bonds. The van der Waals surface area contributed by atoms with E-state index in [0.717, 1.165) is 18.2 Å². The normalized spacial score (nSPS) is 13.2. The van der Waals surface area contributed by atoms with Gasteiger partial charge in [0.2, 0.25) is 10.0 Å². The first-order valence-electron chi connectivity index (χ1n) is 8.44. The number of sulfonamides is 1. The van der Waals surface area contributed by atoms with Gasteiger partial charge in [0, 0.05) is 17.5 Å². The number of benzene rings is 2. The average molecular weight is 426 g/mol. The summed E-state index contributed by atoms with van der Waals surface area (Å²) in [6, 6.07) is 6.42. The van der Waals surface area contributed by atoms with Gasteiger partial charge in [0.1, 0.15) is 19.0 Å². The van der Waals surface area contributed by atoms with E-state index in [4.69, 9.17) is 9.47 Å². The Morgan fingerprint density at radius 2 is 1.86 bits per heavy atom. The number of nitrogens with one attached hydrogen (secondary N) is 2. The lowest BCUT2D eigenvalue weighted by Crippen LogP contribution is -2.24. The standard InChI is InChI=1S/C18H19FN2O5S2/c1-3-20-28(23,24)11-4-5-13(19)12(8-11)18(22)21-14-9-15-16(10-17(14)27-2)26-7-6-25-15/h4-5,8-10,20H,3,6-7H2,1-2H3,(H,21,22). The summed E-state index contributed by atoms with van der Waals surface area (Å²) in [5.74, 6) is -0.545. The number of amides is 1. The first-order chi connectivity index (χ1) is 13.4. The van der Waals surface area contributed by atoms with Crippen LogP contribution in [0.5, 0.6) is 11.5 Å². The number of anilines is 1. The molecule has 7 nitrogen and oxygen atoms in total. The summed E-state index contributed by atoms with van der Waals surface area (Å²) in [6.07, 6.45) is 1.82. The fourth-order valence-corrected chi connectivity index (χ4v) is 4.27. The third-order valence-corrected chi connectivity index (χ3v) is 6.26. The Morgan fingerprint density at radius 3 is 2.50 bits per heavy atom. The van der Waals surface area contributed by atoms with Crippen molar-refractivity contribution >= 4 is 33.4 Å². The Bertz CT molecular complexity index is 1010. The van der Waals surface area contributed by atoms with E-state index in [-0.39, 0.29) is 17.0 Å². The third kappa shape index (κ3) is 4.23. The van der Waals surface area contributed by atoms with Gasteiger partial charge in [-0.3, -0.25) is 4.79 Å². The molecule has 0 atom stereocenters. The van der Waals surface area contributed by atoms with Crippen molar-refractivity contribution in [3.63, 3.8) is 0 Å². The summed E-state index contributed by atoms with van der Waals surface area (Å²) in [5.41, 5.74) is 0.0435. The minimum Gasteiger partial charge on any atom is -0.486 e. The van der Waals surface area contributed by atoms with Gasteiger partial charge >= 0.3 is 0 Å². The van der Waals surface area contributed by atoms with E-state index in [1.807, 2.05) is 6.26 Å². The van der Waals surface area contributed by atoms with Crippen LogP contribution in [-0.2, 0) is 10.0 Å². The summed E-state index contributed by atoms with van der Waals surface area (Å²) >= 11 is 1.37. The van der Waals surface area contributed by atoms with Crippen molar-refractivity contribution in [3.8, 4) is 11.5 Å². The van der Waals surface area contributed by atoms with Gasteiger partial charge in [-0.25, -0.2) is 17.5 Å². The van der Waals surface area contributed by atoms with E-state index in [0.29, 0.717) is 35.3 Å². The molecule has 0 bridgehead atoms. The zero-order valence-electron chi connectivity index (χ0n) is 15.2. The van der Waals surface area contributed by atoms with E-state index < -0.39 is 21.7 Å². The highest BCUT2D eigenvalue weighted by Crippen LogP contribution is 2.39. The fraction of sp³-hybridized carbons (Fsp3) is 0.278. The van der Waals surface area contributed by atoms with Crippen LogP contribution in [0.4, 0.5) is 10.1 Å². The molecule has 0 saturated carbocycles. The SMILES string of the molecule is CCNS(=O)(=O)c1ccc(F)c(C(=O)Nc2cc3c(cc2SC)OCCO3)c1. The maximum absolute atomic E-state index is 14.2. The fourth-order valence-electron chi connectivity index (χ4n) is 2.65. The lowest BCUT2D eigenvalue weighted by atomic mass is 10.2. The Morgan fingerprint density at radius 1 is 1.18 bits per heavy atom. The Kier molecular flexibility index (Phi) is 6.11. The van der Waals surface area contributed by atoms with Crippen molar-refractivity contribution in [3.05, 3.63) is 41.7 Å². The molecule has 1 aliphatic rings. The molecular weight excluding hydrogens is 407 g/mol. The zero-order valence-corrected chi connectivity index (χ0v) is 16.9.